The molecule has 0 bridgehead atoms. The summed E-state index contributed by atoms with van der Waals surface area (Å²) in [4.78, 5) is 4.69. The number of nitrogen functional groups attached to an aromatic ring is 1. The van der Waals surface area contributed by atoms with E-state index < -0.39 is 5.82 Å². The van der Waals surface area contributed by atoms with Gasteiger partial charge in [-0.15, -0.1) is 11.3 Å². The topological polar surface area (TPSA) is 64.9 Å². The van der Waals surface area contributed by atoms with Gasteiger partial charge in [0.15, 0.2) is 0 Å². The maximum absolute atomic E-state index is 14.0. The minimum absolute atomic E-state index is 0.0235. The molecule has 7 heteroatoms. The van der Waals surface area contributed by atoms with Crippen molar-refractivity contribution in [3.8, 4) is 21.7 Å². The van der Waals surface area contributed by atoms with Crippen LogP contribution in [0.25, 0.3) is 21.7 Å². The summed E-state index contributed by atoms with van der Waals surface area (Å²) in [5.74, 6) is -0.455. The first-order chi connectivity index (χ1) is 9.18. The van der Waals surface area contributed by atoms with Gasteiger partial charge >= 0.3 is 0 Å². The zero-order valence-corrected chi connectivity index (χ0v) is 11.0. The van der Waals surface area contributed by atoms with Gasteiger partial charge in [-0.1, -0.05) is 22.8 Å². The van der Waals surface area contributed by atoms with Gasteiger partial charge in [-0.25, -0.2) is 4.39 Å². The molecule has 0 saturated heterocycles. The lowest BCUT2D eigenvalue weighted by Gasteiger charge is -2.05. The van der Waals surface area contributed by atoms with Gasteiger partial charge in [0.2, 0.25) is 5.88 Å². The van der Waals surface area contributed by atoms with E-state index in [0.717, 1.165) is 4.88 Å². The normalized spacial score (nSPS) is 10.8. The Hall–Kier alpha value is -1.92. The van der Waals surface area contributed by atoms with Crippen LogP contribution in [0.4, 0.5) is 10.3 Å². The highest BCUT2D eigenvalue weighted by atomic mass is 35.5. The molecular formula is C12H7ClFN3OS. The third-order valence-electron chi connectivity index (χ3n) is 2.60. The lowest BCUT2D eigenvalue weighted by atomic mass is 10.0. The lowest BCUT2D eigenvalue weighted by molar-refractivity contribution is 0.439. The predicted molar refractivity (Wildman–Crippen MR) is 72.4 cm³/mol. The number of hydrogen-bond acceptors (Lipinski definition) is 5. The second kappa shape index (κ2) is 4.64. The lowest BCUT2D eigenvalue weighted by Crippen LogP contribution is -1.91. The van der Waals surface area contributed by atoms with Crippen LogP contribution in [0.5, 0.6) is 0 Å². The van der Waals surface area contributed by atoms with E-state index in [4.69, 9.17) is 21.9 Å². The molecule has 1 aromatic carbocycles. The van der Waals surface area contributed by atoms with Gasteiger partial charge in [0.1, 0.15) is 11.5 Å². The van der Waals surface area contributed by atoms with Crippen LogP contribution in [0.2, 0.25) is 5.02 Å². The highest BCUT2D eigenvalue weighted by molar-refractivity contribution is 7.13. The van der Waals surface area contributed by atoms with E-state index in [0.29, 0.717) is 11.3 Å². The molecule has 0 atom stereocenters. The summed E-state index contributed by atoms with van der Waals surface area (Å²) < 4.78 is 19.0. The van der Waals surface area contributed by atoms with Crippen molar-refractivity contribution in [2.45, 2.75) is 0 Å². The zero-order valence-electron chi connectivity index (χ0n) is 9.43. The first-order valence-electron chi connectivity index (χ1n) is 5.27. The molecule has 96 valence electrons. The Bertz CT molecular complexity index is 706. The third-order valence-corrected chi connectivity index (χ3v) is 3.69. The Morgan fingerprint density at radius 3 is 2.84 bits per heavy atom. The van der Waals surface area contributed by atoms with E-state index in [-0.39, 0.29) is 16.5 Å². The second-order valence-corrected chi connectivity index (χ2v) is 5.03. The number of anilines is 1. The summed E-state index contributed by atoms with van der Waals surface area (Å²) in [6, 6.07) is 4.42. The van der Waals surface area contributed by atoms with E-state index in [1.165, 1.54) is 23.5 Å². The van der Waals surface area contributed by atoms with Crippen molar-refractivity contribution < 1.29 is 8.91 Å². The van der Waals surface area contributed by atoms with Crippen LogP contribution in [0, 0.1) is 5.82 Å². The zero-order chi connectivity index (χ0) is 13.4. The van der Waals surface area contributed by atoms with Crippen LogP contribution < -0.4 is 5.73 Å². The number of aromatic nitrogens is 2. The molecule has 2 N–H and O–H groups in total. The van der Waals surface area contributed by atoms with Gasteiger partial charge in [0.05, 0.1) is 21.0 Å². The van der Waals surface area contributed by atoms with E-state index >= 15 is 0 Å². The molecule has 0 fully saturated rings. The molecule has 3 aromatic rings. The van der Waals surface area contributed by atoms with Crippen LogP contribution in [0.1, 0.15) is 0 Å². The molecule has 0 amide bonds. The smallest absolute Gasteiger partial charge is 0.230 e. The average Bonchev–Trinajstić information content (AvgIpc) is 2.99. The quantitative estimate of drug-likeness (QED) is 0.780. The molecule has 2 aromatic heterocycles. The summed E-state index contributed by atoms with van der Waals surface area (Å²) in [5.41, 5.74) is 8.37. The molecule has 0 aliphatic heterocycles. The number of nitrogens with two attached hydrogens (primary N) is 1. The van der Waals surface area contributed by atoms with Crippen molar-refractivity contribution in [2.24, 2.45) is 0 Å². The van der Waals surface area contributed by atoms with Crippen molar-refractivity contribution in [3.05, 3.63) is 40.7 Å². The predicted octanol–water partition coefficient (Wildman–Crippen LogP) is 3.84. The molecule has 0 aliphatic carbocycles. The Morgan fingerprint density at radius 2 is 2.16 bits per heavy atom. The van der Waals surface area contributed by atoms with Crippen LogP contribution >= 0.6 is 22.9 Å². The Balaban J connectivity index is 2.29. The number of halogens is 2. The van der Waals surface area contributed by atoms with Crippen molar-refractivity contribution in [1.29, 1.82) is 0 Å². The van der Waals surface area contributed by atoms with Crippen molar-refractivity contribution in [3.63, 3.8) is 0 Å². The van der Waals surface area contributed by atoms with Gasteiger partial charge in [-0.05, 0) is 12.1 Å². The molecule has 0 spiro atoms. The fraction of sp³-hybridized carbons (Fsp3) is 0. The highest BCUT2D eigenvalue weighted by Crippen LogP contribution is 2.41. The van der Waals surface area contributed by atoms with Gasteiger partial charge in [0, 0.05) is 11.8 Å². The van der Waals surface area contributed by atoms with E-state index in [1.807, 2.05) is 0 Å². The van der Waals surface area contributed by atoms with Crippen molar-refractivity contribution in [2.75, 3.05) is 5.73 Å². The highest BCUT2D eigenvalue weighted by Gasteiger charge is 2.23. The largest absolute Gasteiger partial charge is 0.367 e. The number of benzene rings is 1. The van der Waals surface area contributed by atoms with Crippen LogP contribution in [-0.4, -0.2) is 10.1 Å². The summed E-state index contributed by atoms with van der Waals surface area (Å²) in [5, 5.41) is 4.11. The van der Waals surface area contributed by atoms with E-state index in [2.05, 4.69) is 10.1 Å². The number of thiazole rings is 1. The van der Waals surface area contributed by atoms with E-state index in [1.54, 1.807) is 17.8 Å². The fourth-order valence-electron chi connectivity index (χ4n) is 1.78. The van der Waals surface area contributed by atoms with E-state index in [9.17, 15) is 4.39 Å². The maximum Gasteiger partial charge on any atom is 0.230 e. The van der Waals surface area contributed by atoms with Gasteiger partial charge in [-0.3, -0.25) is 4.98 Å². The standard InChI is InChI=1S/C12H7ClFN3OS/c13-6-2-1-3-7(14)9(6)10-11(17-18-12(10)15)8-4-16-5-19-8/h1-5H,15H2. The summed E-state index contributed by atoms with van der Waals surface area (Å²) in [6.07, 6.45) is 1.61. The first-order valence-corrected chi connectivity index (χ1v) is 6.52. The molecular weight excluding hydrogens is 289 g/mol. The maximum atomic E-state index is 14.0. The average molecular weight is 296 g/mol. The molecule has 0 unspecified atom stereocenters. The van der Waals surface area contributed by atoms with Crippen molar-refractivity contribution in [1.82, 2.24) is 10.1 Å². The van der Waals surface area contributed by atoms with Gasteiger partial charge < -0.3 is 10.3 Å². The van der Waals surface area contributed by atoms with Gasteiger partial charge in [0.25, 0.3) is 0 Å². The summed E-state index contributed by atoms with van der Waals surface area (Å²) in [6.45, 7) is 0. The molecule has 0 saturated carbocycles. The molecule has 0 aliphatic rings. The Morgan fingerprint density at radius 1 is 1.32 bits per heavy atom. The summed E-state index contributed by atoms with van der Waals surface area (Å²) in [7, 11) is 0. The summed E-state index contributed by atoms with van der Waals surface area (Å²) >= 11 is 7.40. The van der Waals surface area contributed by atoms with Crippen LogP contribution in [0.15, 0.2) is 34.4 Å². The minimum atomic E-state index is -0.479. The third kappa shape index (κ3) is 1.98. The number of rotatable bonds is 2. The first kappa shape index (κ1) is 12.1. The van der Waals surface area contributed by atoms with Crippen LogP contribution in [-0.2, 0) is 0 Å². The molecule has 2 heterocycles. The van der Waals surface area contributed by atoms with Crippen molar-refractivity contribution >= 4 is 28.8 Å². The monoisotopic (exact) mass is 295 g/mol. The number of nitrogens with zero attached hydrogens (tertiary/aromatic N) is 2. The second-order valence-electron chi connectivity index (χ2n) is 3.73. The fourth-order valence-corrected chi connectivity index (χ4v) is 2.65. The Kier molecular flexibility index (Phi) is 2.96. The van der Waals surface area contributed by atoms with Gasteiger partial charge in [-0.2, -0.15) is 0 Å². The van der Waals surface area contributed by atoms with Crippen LogP contribution in [0.3, 0.4) is 0 Å². The number of hydrogen-bond donors (Lipinski definition) is 1. The molecule has 4 nitrogen and oxygen atoms in total. The molecule has 0 radical (unpaired) electrons. The SMILES string of the molecule is Nc1onc(-c2cncs2)c1-c1c(F)cccc1Cl. The molecule has 19 heavy (non-hydrogen) atoms. The minimum Gasteiger partial charge on any atom is -0.367 e. The molecule has 3 rings (SSSR count). The Labute approximate surface area is 116 Å².